The van der Waals surface area contributed by atoms with Gasteiger partial charge >= 0.3 is 5.97 Å². The van der Waals surface area contributed by atoms with E-state index in [0.717, 1.165) is 18.9 Å². The fraction of sp³-hybridized carbons (Fsp3) is 0.700. The number of carboxylic acids is 1. The summed E-state index contributed by atoms with van der Waals surface area (Å²) in [6.07, 6.45) is 2.52. The van der Waals surface area contributed by atoms with E-state index in [1.54, 1.807) is 0 Å². The van der Waals surface area contributed by atoms with Gasteiger partial charge in [-0.2, -0.15) is 0 Å². The SMILES string of the molecule is C=CC(=O)O.CCC(CC)(CO)CO. The Labute approximate surface area is 84.9 Å². The minimum Gasteiger partial charge on any atom is -0.478 e. The highest BCUT2D eigenvalue weighted by Gasteiger charge is 2.23. The monoisotopic (exact) mass is 204 g/mol. The largest absolute Gasteiger partial charge is 0.478 e. The van der Waals surface area contributed by atoms with Crippen LogP contribution in [-0.4, -0.2) is 34.5 Å². The van der Waals surface area contributed by atoms with Gasteiger partial charge in [0, 0.05) is 11.5 Å². The number of aliphatic hydroxyl groups excluding tert-OH is 2. The first kappa shape index (κ1) is 15.6. The van der Waals surface area contributed by atoms with Crippen LogP contribution in [0.15, 0.2) is 12.7 Å². The minimum absolute atomic E-state index is 0.0938. The molecule has 14 heavy (non-hydrogen) atoms. The highest BCUT2D eigenvalue weighted by Crippen LogP contribution is 2.23. The molecule has 0 unspecified atom stereocenters. The van der Waals surface area contributed by atoms with Gasteiger partial charge in [-0.05, 0) is 12.8 Å². The lowest BCUT2D eigenvalue weighted by atomic mass is 9.84. The maximum Gasteiger partial charge on any atom is 0.327 e. The van der Waals surface area contributed by atoms with Crippen LogP contribution in [0.5, 0.6) is 0 Å². The lowest BCUT2D eigenvalue weighted by Crippen LogP contribution is -2.27. The van der Waals surface area contributed by atoms with Crippen molar-refractivity contribution in [1.29, 1.82) is 0 Å². The van der Waals surface area contributed by atoms with Crippen LogP contribution in [0, 0.1) is 5.41 Å². The molecule has 3 N–H and O–H groups in total. The van der Waals surface area contributed by atoms with Crippen LogP contribution in [0.2, 0.25) is 0 Å². The van der Waals surface area contributed by atoms with Gasteiger partial charge in [0.2, 0.25) is 0 Å². The molecule has 0 fully saturated rings. The van der Waals surface area contributed by atoms with Gasteiger partial charge in [-0.25, -0.2) is 4.79 Å². The Bertz CT molecular complexity index is 144. The van der Waals surface area contributed by atoms with Gasteiger partial charge in [0.15, 0.2) is 0 Å². The normalized spacial score (nSPS) is 10.0. The van der Waals surface area contributed by atoms with Gasteiger partial charge in [0.05, 0.1) is 13.2 Å². The van der Waals surface area contributed by atoms with E-state index in [0.29, 0.717) is 0 Å². The first-order valence-corrected chi connectivity index (χ1v) is 4.59. The van der Waals surface area contributed by atoms with E-state index >= 15 is 0 Å². The van der Waals surface area contributed by atoms with Crippen LogP contribution in [0.3, 0.4) is 0 Å². The third kappa shape index (κ3) is 6.62. The molecule has 0 heterocycles. The summed E-state index contributed by atoms with van der Waals surface area (Å²) in [7, 11) is 0. The Morgan fingerprint density at radius 3 is 1.57 bits per heavy atom. The summed E-state index contributed by atoms with van der Waals surface area (Å²) in [4.78, 5) is 9.25. The smallest absolute Gasteiger partial charge is 0.327 e. The quantitative estimate of drug-likeness (QED) is 0.585. The summed E-state index contributed by atoms with van der Waals surface area (Å²) in [5.41, 5.74) is -0.222. The van der Waals surface area contributed by atoms with Crippen molar-refractivity contribution >= 4 is 5.97 Å². The van der Waals surface area contributed by atoms with Crippen LogP contribution in [0.25, 0.3) is 0 Å². The van der Waals surface area contributed by atoms with Crippen LogP contribution in [0.4, 0.5) is 0 Å². The number of rotatable bonds is 5. The van der Waals surface area contributed by atoms with Crippen molar-refractivity contribution in [2.24, 2.45) is 5.41 Å². The van der Waals surface area contributed by atoms with E-state index in [9.17, 15) is 4.79 Å². The number of carbonyl (C=O) groups is 1. The highest BCUT2D eigenvalue weighted by atomic mass is 16.4. The Morgan fingerprint density at radius 1 is 1.29 bits per heavy atom. The third-order valence-corrected chi connectivity index (χ3v) is 2.35. The standard InChI is InChI=1S/C7H16O2.C3H4O2/c1-3-7(4-2,5-8)6-9;1-2-3(4)5/h8-9H,3-6H2,1-2H3;2H,1H2,(H,4,5). The molecule has 0 rings (SSSR count). The van der Waals surface area contributed by atoms with Crippen molar-refractivity contribution in [3.8, 4) is 0 Å². The predicted molar refractivity (Wildman–Crippen MR) is 55.0 cm³/mol. The molecule has 0 saturated carbocycles. The van der Waals surface area contributed by atoms with E-state index in [4.69, 9.17) is 15.3 Å². The number of aliphatic carboxylic acids is 1. The van der Waals surface area contributed by atoms with Crippen molar-refractivity contribution < 1.29 is 20.1 Å². The van der Waals surface area contributed by atoms with Gasteiger partial charge in [-0.15, -0.1) is 0 Å². The van der Waals surface area contributed by atoms with Crippen LogP contribution >= 0.6 is 0 Å². The topological polar surface area (TPSA) is 77.8 Å². The molecule has 0 aromatic carbocycles. The minimum atomic E-state index is -0.981. The van der Waals surface area contributed by atoms with Gasteiger partial charge in [0.25, 0.3) is 0 Å². The molecule has 0 bridgehead atoms. The Hall–Kier alpha value is -0.870. The fourth-order valence-electron chi connectivity index (χ4n) is 0.747. The Kier molecular flexibility index (Phi) is 9.71. The second-order valence-electron chi connectivity index (χ2n) is 3.07. The van der Waals surface area contributed by atoms with Crippen molar-refractivity contribution in [3.63, 3.8) is 0 Å². The molecule has 0 aliphatic rings. The molecular formula is C10H20O4. The van der Waals surface area contributed by atoms with Crippen LogP contribution in [0.1, 0.15) is 26.7 Å². The van der Waals surface area contributed by atoms with Crippen LogP contribution in [-0.2, 0) is 4.79 Å². The maximum absolute atomic E-state index is 9.25. The molecule has 0 atom stereocenters. The first-order valence-electron chi connectivity index (χ1n) is 4.59. The van der Waals surface area contributed by atoms with E-state index in [-0.39, 0.29) is 18.6 Å². The average Bonchev–Trinajstić information content (AvgIpc) is 2.23. The molecule has 0 aromatic rings. The predicted octanol–water partition coefficient (Wildman–Crippen LogP) is 1.03. The molecule has 0 radical (unpaired) electrons. The summed E-state index contributed by atoms with van der Waals surface area (Å²) < 4.78 is 0. The lowest BCUT2D eigenvalue weighted by Gasteiger charge is -2.25. The van der Waals surface area contributed by atoms with Crippen molar-refractivity contribution in [2.75, 3.05) is 13.2 Å². The number of hydrogen-bond acceptors (Lipinski definition) is 3. The summed E-state index contributed by atoms with van der Waals surface area (Å²) in [6.45, 7) is 7.11. The Balaban J connectivity index is 0. The van der Waals surface area contributed by atoms with E-state index in [1.165, 1.54) is 0 Å². The van der Waals surface area contributed by atoms with Crippen molar-refractivity contribution in [3.05, 3.63) is 12.7 Å². The number of aliphatic hydroxyl groups is 2. The molecule has 4 heteroatoms. The van der Waals surface area contributed by atoms with Gasteiger partial charge in [0.1, 0.15) is 0 Å². The molecule has 0 aromatic heterocycles. The van der Waals surface area contributed by atoms with Crippen molar-refractivity contribution in [1.82, 2.24) is 0 Å². The zero-order valence-electron chi connectivity index (χ0n) is 8.86. The number of hydrogen-bond donors (Lipinski definition) is 3. The first-order chi connectivity index (χ1) is 6.51. The summed E-state index contributed by atoms with van der Waals surface area (Å²) in [6, 6.07) is 0. The van der Waals surface area contributed by atoms with Gasteiger partial charge in [-0.3, -0.25) is 0 Å². The second kappa shape index (κ2) is 8.72. The van der Waals surface area contributed by atoms with Crippen molar-refractivity contribution in [2.45, 2.75) is 26.7 Å². The zero-order valence-corrected chi connectivity index (χ0v) is 8.86. The van der Waals surface area contributed by atoms with E-state index in [1.807, 2.05) is 13.8 Å². The molecule has 0 saturated heterocycles. The Morgan fingerprint density at radius 2 is 1.57 bits per heavy atom. The summed E-state index contributed by atoms with van der Waals surface area (Å²) in [5.74, 6) is -0.981. The van der Waals surface area contributed by atoms with Gasteiger partial charge < -0.3 is 15.3 Å². The molecule has 0 aliphatic heterocycles. The van der Waals surface area contributed by atoms with E-state index < -0.39 is 5.97 Å². The second-order valence-corrected chi connectivity index (χ2v) is 3.07. The van der Waals surface area contributed by atoms with Gasteiger partial charge in [-0.1, -0.05) is 20.4 Å². The summed E-state index contributed by atoms with van der Waals surface area (Å²) in [5, 5.41) is 25.2. The molecular weight excluding hydrogens is 184 g/mol. The fourth-order valence-corrected chi connectivity index (χ4v) is 0.747. The molecule has 0 amide bonds. The molecule has 84 valence electrons. The lowest BCUT2D eigenvalue weighted by molar-refractivity contribution is -0.131. The highest BCUT2D eigenvalue weighted by molar-refractivity contribution is 5.78. The zero-order chi connectivity index (χ0) is 11.6. The maximum atomic E-state index is 9.25. The molecule has 0 aliphatic carbocycles. The molecule has 4 nitrogen and oxygen atoms in total. The third-order valence-electron chi connectivity index (χ3n) is 2.35. The number of carboxylic acid groups (broad SMARTS) is 1. The van der Waals surface area contributed by atoms with Crippen LogP contribution < -0.4 is 0 Å². The average molecular weight is 204 g/mol. The van der Waals surface area contributed by atoms with E-state index in [2.05, 4.69) is 6.58 Å². The summed E-state index contributed by atoms with van der Waals surface area (Å²) >= 11 is 0. The molecule has 0 spiro atoms.